The maximum atomic E-state index is 11.6. The maximum Gasteiger partial charge on any atom is 0.329 e. The average molecular weight is 292 g/mol. The van der Waals surface area contributed by atoms with Gasteiger partial charge in [0.25, 0.3) is 5.69 Å². The molecule has 0 bridgehead atoms. The van der Waals surface area contributed by atoms with E-state index in [0.29, 0.717) is 12.8 Å². The molecule has 0 atom stereocenters. The zero-order valence-electron chi connectivity index (χ0n) is 11.8. The van der Waals surface area contributed by atoms with Crippen molar-refractivity contribution in [1.29, 1.82) is 0 Å². The van der Waals surface area contributed by atoms with Crippen molar-refractivity contribution in [1.82, 2.24) is 5.43 Å². The first-order valence-corrected chi connectivity index (χ1v) is 6.39. The van der Waals surface area contributed by atoms with Gasteiger partial charge >= 0.3 is 11.8 Å². The van der Waals surface area contributed by atoms with Crippen molar-refractivity contribution in [2.24, 2.45) is 5.10 Å². The minimum atomic E-state index is -0.896. The molecule has 1 aromatic carbocycles. The Balaban J connectivity index is 2.62. The van der Waals surface area contributed by atoms with Gasteiger partial charge in [-0.15, -0.1) is 0 Å². The van der Waals surface area contributed by atoms with Crippen molar-refractivity contribution in [2.75, 3.05) is 5.32 Å². The molecular formula is C13H16N4O4. The minimum absolute atomic E-state index is 0.0995. The average Bonchev–Trinajstić information content (AvgIpc) is 2.48. The number of carbonyl (C=O) groups is 2. The van der Waals surface area contributed by atoms with Gasteiger partial charge in [-0.05, 0) is 25.0 Å². The van der Waals surface area contributed by atoms with E-state index in [4.69, 9.17) is 0 Å². The Bertz CT molecular complexity index is 560. The molecule has 0 radical (unpaired) electrons. The van der Waals surface area contributed by atoms with Crippen LogP contribution in [0.2, 0.25) is 0 Å². The Labute approximate surface area is 121 Å². The molecule has 0 aromatic heterocycles. The first kappa shape index (κ1) is 16.3. The fourth-order valence-electron chi connectivity index (χ4n) is 1.44. The number of amides is 2. The molecule has 0 heterocycles. The molecule has 1 rings (SSSR count). The normalized spacial score (nSPS) is 9.62. The highest BCUT2D eigenvalue weighted by Crippen LogP contribution is 2.15. The highest BCUT2D eigenvalue weighted by atomic mass is 16.6. The van der Waals surface area contributed by atoms with E-state index in [9.17, 15) is 19.7 Å². The molecule has 21 heavy (non-hydrogen) atoms. The van der Waals surface area contributed by atoms with Gasteiger partial charge in [0.05, 0.1) is 4.92 Å². The molecule has 0 fully saturated rings. The Morgan fingerprint density at radius 3 is 2.19 bits per heavy atom. The maximum absolute atomic E-state index is 11.6. The standard InChI is InChI=1S/C13H16N4O4/c1-3-9(4-2)15-16-13(19)12(18)14-10-5-7-11(8-6-10)17(20)21/h5-8H,3-4H2,1-2H3,(H,14,18)(H,16,19). The number of nitrogens with one attached hydrogen (secondary N) is 2. The molecule has 0 aliphatic heterocycles. The van der Waals surface area contributed by atoms with Crippen LogP contribution in [-0.2, 0) is 9.59 Å². The summed E-state index contributed by atoms with van der Waals surface area (Å²) in [4.78, 5) is 33.1. The predicted molar refractivity (Wildman–Crippen MR) is 77.9 cm³/mol. The van der Waals surface area contributed by atoms with Crippen molar-refractivity contribution in [3.05, 3.63) is 34.4 Å². The van der Waals surface area contributed by atoms with Gasteiger partial charge in [-0.2, -0.15) is 5.10 Å². The zero-order chi connectivity index (χ0) is 15.8. The van der Waals surface area contributed by atoms with Crippen molar-refractivity contribution in [3.63, 3.8) is 0 Å². The summed E-state index contributed by atoms with van der Waals surface area (Å²) in [6, 6.07) is 5.15. The fourth-order valence-corrected chi connectivity index (χ4v) is 1.44. The molecule has 0 spiro atoms. The van der Waals surface area contributed by atoms with Crippen LogP contribution < -0.4 is 10.7 Å². The van der Waals surface area contributed by atoms with Crippen LogP contribution in [0.25, 0.3) is 0 Å². The monoisotopic (exact) mass is 292 g/mol. The van der Waals surface area contributed by atoms with E-state index >= 15 is 0 Å². The Kier molecular flexibility index (Phi) is 5.99. The van der Waals surface area contributed by atoms with Crippen LogP contribution in [0.15, 0.2) is 29.4 Å². The van der Waals surface area contributed by atoms with Gasteiger partial charge in [-0.3, -0.25) is 19.7 Å². The van der Waals surface area contributed by atoms with Crippen molar-refractivity contribution < 1.29 is 14.5 Å². The van der Waals surface area contributed by atoms with Gasteiger partial charge in [0.15, 0.2) is 0 Å². The lowest BCUT2D eigenvalue weighted by molar-refractivity contribution is -0.384. The smallest absolute Gasteiger partial charge is 0.318 e. The van der Waals surface area contributed by atoms with Gasteiger partial charge in [-0.25, -0.2) is 5.43 Å². The van der Waals surface area contributed by atoms with Crippen molar-refractivity contribution >= 4 is 28.9 Å². The lowest BCUT2D eigenvalue weighted by Gasteiger charge is -2.04. The van der Waals surface area contributed by atoms with E-state index < -0.39 is 16.7 Å². The number of anilines is 1. The van der Waals surface area contributed by atoms with Gasteiger partial charge < -0.3 is 5.32 Å². The first-order valence-electron chi connectivity index (χ1n) is 6.39. The van der Waals surface area contributed by atoms with Gasteiger partial charge in [-0.1, -0.05) is 13.8 Å². The third-order valence-corrected chi connectivity index (χ3v) is 2.67. The number of nitro benzene ring substituents is 1. The van der Waals surface area contributed by atoms with Crippen molar-refractivity contribution in [3.8, 4) is 0 Å². The summed E-state index contributed by atoms with van der Waals surface area (Å²) in [7, 11) is 0. The highest BCUT2D eigenvalue weighted by Gasteiger charge is 2.14. The minimum Gasteiger partial charge on any atom is -0.318 e. The second kappa shape index (κ2) is 7.73. The molecule has 2 N–H and O–H groups in total. The number of nitro groups is 1. The molecule has 8 nitrogen and oxygen atoms in total. The Morgan fingerprint density at radius 2 is 1.71 bits per heavy atom. The second-order valence-corrected chi connectivity index (χ2v) is 4.08. The largest absolute Gasteiger partial charge is 0.329 e. The Hall–Kier alpha value is -2.77. The summed E-state index contributed by atoms with van der Waals surface area (Å²) in [5, 5.41) is 16.6. The lowest BCUT2D eigenvalue weighted by atomic mass is 10.2. The lowest BCUT2D eigenvalue weighted by Crippen LogP contribution is -2.33. The van der Waals surface area contributed by atoms with E-state index in [1.54, 1.807) is 0 Å². The van der Waals surface area contributed by atoms with Crippen LogP contribution in [0.3, 0.4) is 0 Å². The molecule has 0 saturated carbocycles. The van der Waals surface area contributed by atoms with Crippen LogP contribution in [-0.4, -0.2) is 22.4 Å². The highest BCUT2D eigenvalue weighted by molar-refractivity contribution is 6.39. The SMILES string of the molecule is CCC(CC)=NNC(=O)C(=O)Nc1ccc([N+](=O)[O-])cc1. The van der Waals surface area contributed by atoms with E-state index in [2.05, 4.69) is 15.8 Å². The van der Waals surface area contributed by atoms with Crippen molar-refractivity contribution in [2.45, 2.75) is 26.7 Å². The van der Waals surface area contributed by atoms with E-state index in [1.165, 1.54) is 24.3 Å². The van der Waals surface area contributed by atoms with E-state index in [-0.39, 0.29) is 11.4 Å². The molecule has 0 unspecified atom stereocenters. The first-order chi connectivity index (χ1) is 9.97. The summed E-state index contributed by atoms with van der Waals surface area (Å²) in [6.45, 7) is 3.79. The van der Waals surface area contributed by atoms with Gasteiger partial charge in [0, 0.05) is 23.5 Å². The quantitative estimate of drug-likeness (QED) is 0.373. The molecular weight excluding hydrogens is 276 g/mol. The molecule has 0 aliphatic carbocycles. The third-order valence-electron chi connectivity index (χ3n) is 2.67. The summed E-state index contributed by atoms with van der Waals surface area (Å²) in [6.07, 6.45) is 1.36. The number of rotatable bonds is 5. The summed E-state index contributed by atoms with van der Waals surface area (Å²) in [5.74, 6) is -1.79. The van der Waals surface area contributed by atoms with Crippen LogP contribution in [0.1, 0.15) is 26.7 Å². The topological polar surface area (TPSA) is 114 Å². The number of carbonyl (C=O) groups excluding carboxylic acids is 2. The molecule has 112 valence electrons. The summed E-state index contributed by atoms with van der Waals surface area (Å²) < 4.78 is 0. The number of benzene rings is 1. The number of hydrogen-bond donors (Lipinski definition) is 2. The number of nitrogens with zero attached hydrogens (tertiary/aromatic N) is 2. The molecule has 0 aliphatic rings. The van der Waals surface area contributed by atoms with Crippen LogP contribution in [0.5, 0.6) is 0 Å². The van der Waals surface area contributed by atoms with Gasteiger partial charge in [0.1, 0.15) is 0 Å². The zero-order valence-corrected chi connectivity index (χ0v) is 11.8. The summed E-state index contributed by atoms with van der Waals surface area (Å²) in [5.41, 5.74) is 3.12. The van der Waals surface area contributed by atoms with Gasteiger partial charge in [0.2, 0.25) is 0 Å². The third kappa shape index (κ3) is 5.01. The number of hydrazone groups is 1. The van der Waals surface area contributed by atoms with Crippen LogP contribution >= 0.6 is 0 Å². The van der Waals surface area contributed by atoms with E-state index in [1.807, 2.05) is 13.8 Å². The van der Waals surface area contributed by atoms with E-state index in [0.717, 1.165) is 5.71 Å². The Morgan fingerprint density at radius 1 is 1.14 bits per heavy atom. The molecule has 1 aromatic rings. The number of hydrogen-bond acceptors (Lipinski definition) is 5. The predicted octanol–water partition coefficient (Wildman–Crippen LogP) is 1.83. The van der Waals surface area contributed by atoms with Crippen LogP contribution in [0, 0.1) is 10.1 Å². The number of non-ortho nitro benzene ring substituents is 1. The summed E-state index contributed by atoms with van der Waals surface area (Å²) >= 11 is 0. The molecule has 8 heteroatoms. The second-order valence-electron chi connectivity index (χ2n) is 4.08. The fraction of sp³-hybridized carbons (Fsp3) is 0.308. The molecule has 2 amide bonds. The van der Waals surface area contributed by atoms with Crippen LogP contribution in [0.4, 0.5) is 11.4 Å². The molecule has 0 saturated heterocycles.